The van der Waals surface area contributed by atoms with Gasteiger partial charge in [0.25, 0.3) is 0 Å². The molecule has 1 aliphatic carbocycles. The topological polar surface area (TPSA) is 66.8 Å². The molecule has 2 N–H and O–H groups in total. The lowest BCUT2D eigenvalue weighted by atomic mass is 9.93. The van der Waals surface area contributed by atoms with E-state index in [9.17, 15) is 9.90 Å². The number of fused-ring (bicyclic) bond motifs is 1. The molecule has 4 heteroatoms. The van der Waals surface area contributed by atoms with E-state index in [-0.39, 0.29) is 30.5 Å². The Bertz CT molecular complexity index is 203. The number of hydrogen-bond donors (Lipinski definition) is 2. The molecule has 1 aliphatic heterocycles. The van der Waals surface area contributed by atoms with Crippen molar-refractivity contribution in [3.05, 3.63) is 0 Å². The van der Waals surface area contributed by atoms with E-state index in [0.717, 1.165) is 0 Å². The van der Waals surface area contributed by atoms with Crippen LogP contribution in [0.1, 0.15) is 12.8 Å². The highest BCUT2D eigenvalue weighted by Gasteiger charge is 2.49. The Balaban J connectivity index is 2.11. The van der Waals surface area contributed by atoms with Crippen LogP contribution in [0.3, 0.4) is 0 Å². The molecule has 0 aromatic rings. The number of esters is 1. The van der Waals surface area contributed by atoms with Crippen molar-refractivity contribution >= 4 is 5.97 Å². The third kappa shape index (κ3) is 1.03. The molecular formula is C8H12O4. The van der Waals surface area contributed by atoms with Crippen LogP contribution in [0.5, 0.6) is 0 Å². The number of aliphatic hydroxyl groups excluding tert-OH is 2. The molecule has 4 nitrogen and oxygen atoms in total. The third-order valence-corrected chi connectivity index (χ3v) is 2.89. The monoisotopic (exact) mass is 172 g/mol. The van der Waals surface area contributed by atoms with E-state index in [1.54, 1.807) is 0 Å². The maximum Gasteiger partial charge on any atom is 0.306 e. The first-order chi connectivity index (χ1) is 5.72. The summed E-state index contributed by atoms with van der Waals surface area (Å²) >= 11 is 0. The number of carbonyl (C=O) groups is 1. The lowest BCUT2D eigenvalue weighted by molar-refractivity contribution is -0.141. The van der Waals surface area contributed by atoms with Crippen LogP contribution >= 0.6 is 0 Å². The molecule has 2 fully saturated rings. The molecule has 2 rings (SSSR count). The van der Waals surface area contributed by atoms with Crippen LogP contribution in [0.25, 0.3) is 0 Å². The molecule has 0 amide bonds. The second-order valence-electron chi connectivity index (χ2n) is 3.55. The van der Waals surface area contributed by atoms with Gasteiger partial charge in [0.15, 0.2) is 0 Å². The van der Waals surface area contributed by atoms with Crippen molar-refractivity contribution < 1.29 is 19.7 Å². The minimum Gasteiger partial charge on any atom is -0.462 e. The fraction of sp³-hybridized carbons (Fsp3) is 0.875. The van der Waals surface area contributed by atoms with Crippen LogP contribution in [0, 0.1) is 11.8 Å². The van der Waals surface area contributed by atoms with E-state index >= 15 is 0 Å². The summed E-state index contributed by atoms with van der Waals surface area (Å²) in [7, 11) is 0. The molecule has 0 aromatic heterocycles. The predicted octanol–water partition coefficient (Wildman–Crippen LogP) is -0.709. The molecule has 4 atom stereocenters. The van der Waals surface area contributed by atoms with Gasteiger partial charge in [-0.3, -0.25) is 4.79 Å². The van der Waals surface area contributed by atoms with E-state index < -0.39 is 6.10 Å². The molecule has 12 heavy (non-hydrogen) atoms. The Morgan fingerprint density at radius 1 is 1.58 bits per heavy atom. The first-order valence-corrected chi connectivity index (χ1v) is 4.20. The van der Waals surface area contributed by atoms with Gasteiger partial charge in [0.05, 0.1) is 12.5 Å². The van der Waals surface area contributed by atoms with Gasteiger partial charge in [0.1, 0.15) is 6.10 Å². The Kier molecular flexibility index (Phi) is 1.81. The molecule has 0 aromatic carbocycles. The maximum absolute atomic E-state index is 10.8. The number of ether oxygens (including phenoxy) is 1. The summed E-state index contributed by atoms with van der Waals surface area (Å²) in [4.78, 5) is 10.8. The van der Waals surface area contributed by atoms with Gasteiger partial charge in [0.2, 0.25) is 0 Å². The summed E-state index contributed by atoms with van der Waals surface area (Å²) in [5, 5.41) is 18.4. The Labute approximate surface area is 70.1 Å². The van der Waals surface area contributed by atoms with Crippen molar-refractivity contribution in [3.63, 3.8) is 0 Å². The third-order valence-electron chi connectivity index (χ3n) is 2.89. The van der Waals surface area contributed by atoms with Crippen molar-refractivity contribution in [1.82, 2.24) is 0 Å². The van der Waals surface area contributed by atoms with Crippen molar-refractivity contribution in [2.24, 2.45) is 11.8 Å². The predicted molar refractivity (Wildman–Crippen MR) is 39.2 cm³/mol. The van der Waals surface area contributed by atoms with Gasteiger partial charge in [-0.1, -0.05) is 0 Å². The maximum atomic E-state index is 10.8. The Morgan fingerprint density at radius 3 is 3.00 bits per heavy atom. The highest BCUT2D eigenvalue weighted by atomic mass is 16.6. The van der Waals surface area contributed by atoms with Crippen LogP contribution < -0.4 is 0 Å². The van der Waals surface area contributed by atoms with E-state index in [4.69, 9.17) is 9.84 Å². The number of carbonyl (C=O) groups excluding carboxylic acids is 1. The normalized spacial score (nSPS) is 46.0. The van der Waals surface area contributed by atoms with Gasteiger partial charge < -0.3 is 14.9 Å². The highest BCUT2D eigenvalue weighted by molar-refractivity contribution is 5.72. The second-order valence-corrected chi connectivity index (χ2v) is 3.55. The zero-order valence-electron chi connectivity index (χ0n) is 6.64. The lowest BCUT2D eigenvalue weighted by Crippen LogP contribution is -2.23. The standard InChI is InChI=1S/C8H12O4/c9-3-5-4-1-8(11)12-7(4)2-6(5)10/h4-7,9-10H,1-3H2/t4-,5+,6+,7-/m0/s1. The quantitative estimate of drug-likeness (QED) is 0.513. The van der Waals surface area contributed by atoms with E-state index in [1.165, 1.54) is 0 Å². The van der Waals surface area contributed by atoms with Gasteiger partial charge in [-0.15, -0.1) is 0 Å². The summed E-state index contributed by atoms with van der Waals surface area (Å²) < 4.78 is 4.98. The van der Waals surface area contributed by atoms with Crippen LogP contribution in [0.2, 0.25) is 0 Å². The lowest BCUT2D eigenvalue weighted by Gasteiger charge is -2.14. The van der Waals surface area contributed by atoms with E-state index in [1.807, 2.05) is 0 Å². The average Bonchev–Trinajstić information content (AvgIpc) is 2.43. The number of rotatable bonds is 1. The first kappa shape index (κ1) is 8.01. The zero-order valence-corrected chi connectivity index (χ0v) is 6.64. The van der Waals surface area contributed by atoms with E-state index in [2.05, 4.69) is 0 Å². The van der Waals surface area contributed by atoms with Crippen molar-refractivity contribution in [2.45, 2.75) is 25.0 Å². The van der Waals surface area contributed by atoms with Crippen LogP contribution in [0.15, 0.2) is 0 Å². The smallest absolute Gasteiger partial charge is 0.306 e. The largest absolute Gasteiger partial charge is 0.462 e. The molecule has 68 valence electrons. The van der Waals surface area contributed by atoms with Crippen LogP contribution in [-0.2, 0) is 9.53 Å². The van der Waals surface area contributed by atoms with Crippen molar-refractivity contribution in [3.8, 4) is 0 Å². The van der Waals surface area contributed by atoms with Crippen molar-refractivity contribution in [1.29, 1.82) is 0 Å². The average molecular weight is 172 g/mol. The minimum atomic E-state index is -0.502. The molecule has 0 unspecified atom stereocenters. The Hall–Kier alpha value is -0.610. The molecular weight excluding hydrogens is 160 g/mol. The summed E-state index contributed by atoms with van der Waals surface area (Å²) in [6, 6.07) is 0. The summed E-state index contributed by atoms with van der Waals surface area (Å²) in [6.45, 7) is -0.0566. The second kappa shape index (κ2) is 2.71. The fourth-order valence-corrected chi connectivity index (χ4v) is 2.23. The van der Waals surface area contributed by atoms with Gasteiger partial charge in [-0.2, -0.15) is 0 Å². The fourth-order valence-electron chi connectivity index (χ4n) is 2.23. The first-order valence-electron chi connectivity index (χ1n) is 4.20. The van der Waals surface area contributed by atoms with Crippen LogP contribution in [0.4, 0.5) is 0 Å². The minimum absolute atomic E-state index is 0.0394. The summed E-state index contributed by atoms with van der Waals surface area (Å²) in [6.07, 6.45) is 0.192. The summed E-state index contributed by atoms with van der Waals surface area (Å²) in [5.74, 6) is -0.325. The van der Waals surface area contributed by atoms with Gasteiger partial charge in [-0.05, 0) is 0 Å². The molecule has 0 spiro atoms. The number of hydrogen-bond acceptors (Lipinski definition) is 4. The van der Waals surface area contributed by atoms with Crippen LogP contribution in [-0.4, -0.2) is 35.0 Å². The van der Waals surface area contributed by atoms with E-state index in [0.29, 0.717) is 12.8 Å². The SMILES string of the molecule is O=C1C[C@H]2[C@@H](CO)[C@H](O)C[C@@H]2O1. The molecule has 1 saturated heterocycles. The molecule has 1 saturated carbocycles. The van der Waals surface area contributed by atoms with Gasteiger partial charge in [-0.25, -0.2) is 0 Å². The van der Waals surface area contributed by atoms with Crippen molar-refractivity contribution in [2.75, 3.05) is 6.61 Å². The van der Waals surface area contributed by atoms with Gasteiger partial charge >= 0.3 is 5.97 Å². The zero-order chi connectivity index (χ0) is 8.72. The highest BCUT2D eigenvalue weighted by Crippen LogP contribution is 2.40. The Morgan fingerprint density at radius 2 is 2.33 bits per heavy atom. The summed E-state index contributed by atoms with van der Waals surface area (Å²) in [5.41, 5.74) is 0. The van der Waals surface area contributed by atoms with Gasteiger partial charge in [0, 0.05) is 24.9 Å². The number of aliphatic hydroxyl groups is 2. The molecule has 0 radical (unpaired) electrons. The molecule has 2 aliphatic rings. The molecule has 0 bridgehead atoms. The molecule has 1 heterocycles.